The molecule has 0 aliphatic carbocycles. The molecule has 3 amide bonds. The largest absolute Gasteiger partial charge is 0.481 e. The van der Waals surface area contributed by atoms with Crippen LogP contribution in [0.2, 0.25) is 0 Å². The third kappa shape index (κ3) is 12.9. The molecule has 0 aromatic rings. The molecule has 0 saturated carbocycles. The molecular formula is C19H35N7O7. The van der Waals surface area contributed by atoms with Gasteiger partial charge >= 0.3 is 11.9 Å². The van der Waals surface area contributed by atoms with Gasteiger partial charge in [0, 0.05) is 6.54 Å². The molecule has 188 valence electrons. The zero-order chi connectivity index (χ0) is 25.7. The number of carboxylic acids is 2. The third-order valence-corrected chi connectivity index (χ3v) is 4.38. The first-order valence-corrected chi connectivity index (χ1v) is 10.4. The number of hydrogen-bond acceptors (Lipinski definition) is 7. The van der Waals surface area contributed by atoms with Gasteiger partial charge in [0.2, 0.25) is 17.7 Å². The fourth-order valence-electron chi connectivity index (χ4n) is 2.70. The Balaban J connectivity index is 5.26. The van der Waals surface area contributed by atoms with Crippen LogP contribution in [0.1, 0.15) is 46.5 Å². The fourth-order valence-corrected chi connectivity index (χ4v) is 2.70. The Hall–Kier alpha value is -3.42. The van der Waals surface area contributed by atoms with Gasteiger partial charge in [0.25, 0.3) is 0 Å². The number of nitrogens with zero attached hydrogens (tertiary/aromatic N) is 1. The third-order valence-electron chi connectivity index (χ3n) is 4.38. The number of nitrogens with one attached hydrogen (secondary N) is 3. The van der Waals surface area contributed by atoms with E-state index in [0.717, 1.165) is 0 Å². The van der Waals surface area contributed by atoms with Crippen LogP contribution >= 0.6 is 0 Å². The van der Waals surface area contributed by atoms with Gasteiger partial charge in [-0.15, -0.1) is 0 Å². The first kappa shape index (κ1) is 29.6. The van der Waals surface area contributed by atoms with E-state index in [4.69, 9.17) is 22.3 Å². The number of amides is 3. The normalized spacial score (nSPS) is 14.3. The van der Waals surface area contributed by atoms with Crippen molar-refractivity contribution in [3.63, 3.8) is 0 Å². The molecule has 14 nitrogen and oxygen atoms in total. The van der Waals surface area contributed by atoms with Crippen LogP contribution in [-0.2, 0) is 24.0 Å². The van der Waals surface area contributed by atoms with Crippen molar-refractivity contribution in [3.8, 4) is 0 Å². The van der Waals surface area contributed by atoms with E-state index in [1.54, 1.807) is 13.8 Å². The lowest BCUT2D eigenvalue weighted by Gasteiger charge is -2.24. The SMILES string of the molecule is CC(C)CC(NC(=O)C(CCCN=C(N)N)NC(=O)C(C)NC(=O)C(N)CC(=O)O)C(=O)O. The van der Waals surface area contributed by atoms with Crippen LogP contribution in [0.25, 0.3) is 0 Å². The van der Waals surface area contributed by atoms with Gasteiger partial charge in [-0.05, 0) is 32.1 Å². The van der Waals surface area contributed by atoms with E-state index in [2.05, 4.69) is 20.9 Å². The van der Waals surface area contributed by atoms with E-state index >= 15 is 0 Å². The van der Waals surface area contributed by atoms with Crippen molar-refractivity contribution in [2.75, 3.05) is 6.54 Å². The molecule has 0 heterocycles. The zero-order valence-electron chi connectivity index (χ0n) is 19.0. The molecule has 33 heavy (non-hydrogen) atoms. The first-order chi connectivity index (χ1) is 15.2. The lowest BCUT2D eigenvalue weighted by atomic mass is 10.0. The number of aliphatic imine (C=N–C) groups is 1. The van der Waals surface area contributed by atoms with Gasteiger partial charge < -0.3 is 43.4 Å². The average molecular weight is 474 g/mol. The van der Waals surface area contributed by atoms with Gasteiger partial charge in [0.05, 0.1) is 12.5 Å². The molecular weight excluding hydrogens is 438 g/mol. The summed E-state index contributed by atoms with van der Waals surface area (Å²) in [4.78, 5) is 63.2. The van der Waals surface area contributed by atoms with E-state index in [0.29, 0.717) is 6.42 Å². The minimum absolute atomic E-state index is 0.00782. The van der Waals surface area contributed by atoms with Crippen LogP contribution in [0.4, 0.5) is 0 Å². The molecule has 0 bridgehead atoms. The van der Waals surface area contributed by atoms with E-state index in [-0.39, 0.29) is 31.3 Å². The van der Waals surface area contributed by atoms with Crippen LogP contribution < -0.4 is 33.2 Å². The summed E-state index contributed by atoms with van der Waals surface area (Å²) in [5.41, 5.74) is 16.0. The number of hydrogen-bond donors (Lipinski definition) is 8. The Kier molecular flexibility index (Phi) is 13.1. The summed E-state index contributed by atoms with van der Waals surface area (Å²) >= 11 is 0. The highest BCUT2D eigenvalue weighted by atomic mass is 16.4. The predicted octanol–water partition coefficient (Wildman–Crippen LogP) is -2.55. The van der Waals surface area contributed by atoms with Crippen molar-refractivity contribution in [3.05, 3.63) is 0 Å². The first-order valence-electron chi connectivity index (χ1n) is 10.4. The Morgan fingerprint density at radius 2 is 1.45 bits per heavy atom. The van der Waals surface area contributed by atoms with Crippen LogP contribution in [0, 0.1) is 5.92 Å². The molecule has 0 fully saturated rings. The fraction of sp³-hybridized carbons (Fsp3) is 0.684. The Labute approximate surface area is 191 Å². The van der Waals surface area contributed by atoms with Crippen molar-refractivity contribution in [1.82, 2.24) is 16.0 Å². The summed E-state index contributed by atoms with van der Waals surface area (Å²) in [6, 6.07) is -4.78. The quantitative estimate of drug-likeness (QED) is 0.0701. The number of nitrogens with two attached hydrogens (primary N) is 3. The highest BCUT2D eigenvalue weighted by molar-refractivity contribution is 5.94. The number of rotatable bonds is 15. The summed E-state index contributed by atoms with van der Waals surface area (Å²) in [6.07, 6.45) is -0.0595. The molecule has 0 aliphatic rings. The highest BCUT2D eigenvalue weighted by Gasteiger charge is 2.29. The Bertz CT molecular complexity index is 738. The maximum Gasteiger partial charge on any atom is 0.326 e. The molecule has 0 rings (SSSR count). The van der Waals surface area contributed by atoms with Crippen molar-refractivity contribution in [2.24, 2.45) is 28.1 Å². The molecule has 0 aromatic carbocycles. The number of carbonyl (C=O) groups excluding carboxylic acids is 3. The van der Waals surface area contributed by atoms with Crippen LogP contribution in [0.5, 0.6) is 0 Å². The zero-order valence-corrected chi connectivity index (χ0v) is 19.0. The second-order valence-electron chi connectivity index (χ2n) is 7.97. The highest BCUT2D eigenvalue weighted by Crippen LogP contribution is 2.07. The molecule has 0 aliphatic heterocycles. The van der Waals surface area contributed by atoms with Crippen LogP contribution in [-0.4, -0.2) is 76.5 Å². The van der Waals surface area contributed by atoms with Crippen LogP contribution in [0.3, 0.4) is 0 Å². The van der Waals surface area contributed by atoms with Crippen molar-refractivity contribution < 1.29 is 34.2 Å². The monoisotopic (exact) mass is 473 g/mol. The molecule has 0 saturated heterocycles. The number of aliphatic carboxylic acids is 2. The number of carboxylic acid groups (broad SMARTS) is 2. The van der Waals surface area contributed by atoms with Crippen molar-refractivity contribution in [1.29, 1.82) is 0 Å². The van der Waals surface area contributed by atoms with Gasteiger partial charge in [0.1, 0.15) is 18.1 Å². The minimum atomic E-state index is -1.36. The van der Waals surface area contributed by atoms with Gasteiger partial charge in [-0.1, -0.05) is 13.8 Å². The predicted molar refractivity (Wildman–Crippen MR) is 119 cm³/mol. The standard InChI is InChI=1S/C19H35N7O7/c1-9(2)7-13(18(32)33)26-17(31)12(5-4-6-23-19(21)22)25-15(29)10(3)24-16(30)11(20)8-14(27)28/h9-13H,4-8,20H2,1-3H3,(H,24,30)(H,25,29)(H,26,31)(H,27,28)(H,32,33)(H4,21,22,23). The summed E-state index contributed by atoms with van der Waals surface area (Å²) in [5, 5.41) is 25.2. The molecule has 11 N–H and O–H groups in total. The van der Waals surface area contributed by atoms with Gasteiger partial charge in [-0.25, -0.2) is 4.79 Å². The van der Waals surface area contributed by atoms with E-state index in [1.165, 1.54) is 6.92 Å². The second kappa shape index (κ2) is 14.6. The topological polar surface area (TPSA) is 252 Å². The maximum atomic E-state index is 12.7. The van der Waals surface area contributed by atoms with Crippen molar-refractivity contribution >= 4 is 35.6 Å². The maximum absolute atomic E-state index is 12.7. The summed E-state index contributed by atoms with van der Waals surface area (Å²) < 4.78 is 0. The minimum Gasteiger partial charge on any atom is -0.481 e. The number of carbonyl (C=O) groups is 5. The van der Waals surface area contributed by atoms with Crippen LogP contribution in [0.15, 0.2) is 4.99 Å². The molecule has 4 atom stereocenters. The Morgan fingerprint density at radius 1 is 0.879 bits per heavy atom. The molecule has 0 aromatic heterocycles. The lowest BCUT2D eigenvalue weighted by molar-refractivity contribution is -0.142. The van der Waals surface area contributed by atoms with E-state index < -0.39 is 60.2 Å². The molecule has 0 spiro atoms. The number of guanidine groups is 1. The summed E-state index contributed by atoms with van der Waals surface area (Å²) in [5.74, 6) is -4.96. The van der Waals surface area contributed by atoms with Gasteiger partial charge in [0.15, 0.2) is 5.96 Å². The molecule has 14 heteroatoms. The average Bonchev–Trinajstić information content (AvgIpc) is 2.68. The summed E-state index contributed by atoms with van der Waals surface area (Å²) in [6.45, 7) is 5.10. The smallest absolute Gasteiger partial charge is 0.326 e. The van der Waals surface area contributed by atoms with Gasteiger partial charge in [-0.2, -0.15) is 0 Å². The van der Waals surface area contributed by atoms with Crippen molar-refractivity contribution in [2.45, 2.75) is 70.6 Å². The molecule has 4 unspecified atom stereocenters. The second-order valence-corrected chi connectivity index (χ2v) is 7.97. The van der Waals surface area contributed by atoms with E-state index in [9.17, 15) is 29.1 Å². The Morgan fingerprint density at radius 3 is 1.94 bits per heavy atom. The lowest BCUT2D eigenvalue weighted by Crippen LogP contribution is -2.56. The van der Waals surface area contributed by atoms with Gasteiger partial charge in [-0.3, -0.25) is 24.2 Å². The summed E-state index contributed by atoms with van der Waals surface area (Å²) in [7, 11) is 0. The molecule has 0 radical (unpaired) electrons. The van der Waals surface area contributed by atoms with E-state index in [1.807, 2.05) is 0 Å².